The number of carbonyl (C=O) groups is 3. The van der Waals surface area contributed by atoms with Gasteiger partial charge in [-0.1, -0.05) is 89.0 Å². The molecule has 0 saturated heterocycles. The van der Waals surface area contributed by atoms with Gasteiger partial charge >= 0.3 is 5.97 Å². The monoisotopic (exact) mass is 450 g/mol. The lowest BCUT2D eigenvalue weighted by molar-refractivity contribution is 0.0498. The van der Waals surface area contributed by atoms with Gasteiger partial charge in [0, 0.05) is 16.8 Å². The first-order valence-corrected chi connectivity index (χ1v) is 12.0. The lowest BCUT2D eigenvalue weighted by Crippen LogP contribution is -2.25. The fraction of sp³-hybridized carbons (Fsp3) is 0.444. The molecule has 0 aliphatic heterocycles. The number of nitrogen functional groups attached to an aromatic ring is 2. The van der Waals surface area contributed by atoms with Crippen molar-refractivity contribution in [3.05, 3.63) is 58.1 Å². The normalized spacial score (nSPS) is 12.4. The fourth-order valence-electron chi connectivity index (χ4n) is 4.35. The number of hydrogen-bond donors (Lipinski definition) is 2. The summed E-state index contributed by atoms with van der Waals surface area (Å²) in [6, 6.07) is 7.87. The Morgan fingerprint density at radius 1 is 0.788 bits per heavy atom. The van der Waals surface area contributed by atoms with Crippen LogP contribution in [0.2, 0.25) is 0 Å². The molecule has 6 heteroatoms. The number of hydrogen-bond acceptors (Lipinski definition) is 6. The summed E-state index contributed by atoms with van der Waals surface area (Å²) in [7, 11) is 0. The van der Waals surface area contributed by atoms with Crippen LogP contribution in [0, 0.1) is 0 Å². The number of anilines is 2. The second-order valence-electron chi connectivity index (χ2n) is 8.70. The lowest BCUT2D eigenvalue weighted by atomic mass is 9.81. The average Bonchev–Trinajstić information content (AvgIpc) is 2.82. The Morgan fingerprint density at radius 3 is 1.88 bits per heavy atom. The molecule has 0 fully saturated rings. The smallest absolute Gasteiger partial charge is 0.340 e. The van der Waals surface area contributed by atoms with Gasteiger partial charge in [0.2, 0.25) is 0 Å². The van der Waals surface area contributed by atoms with Crippen molar-refractivity contribution in [2.75, 3.05) is 18.1 Å². The number of fused-ring (bicyclic) bond motifs is 2. The third-order valence-electron chi connectivity index (χ3n) is 6.22. The van der Waals surface area contributed by atoms with E-state index in [0.717, 1.165) is 19.3 Å². The van der Waals surface area contributed by atoms with Gasteiger partial charge in [0.15, 0.2) is 11.6 Å². The molecule has 176 valence electrons. The average molecular weight is 451 g/mol. The molecular weight excluding hydrogens is 416 g/mol. The van der Waals surface area contributed by atoms with Crippen molar-refractivity contribution in [1.29, 1.82) is 0 Å². The summed E-state index contributed by atoms with van der Waals surface area (Å²) >= 11 is 0. The number of esters is 1. The molecule has 2 aromatic carbocycles. The summed E-state index contributed by atoms with van der Waals surface area (Å²) in [6.45, 7) is 2.50. The van der Waals surface area contributed by atoms with E-state index in [9.17, 15) is 14.4 Å². The van der Waals surface area contributed by atoms with Crippen molar-refractivity contribution in [2.24, 2.45) is 0 Å². The third-order valence-corrected chi connectivity index (χ3v) is 6.22. The van der Waals surface area contributed by atoms with Gasteiger partial charge in [-0.25, -0.2) is 4.79 Å². The van der Waals surface area contributed by atoms with Gasteiger partial charge in [0.25, 0.3) is 0 Å². The van der Waals surface area contributed by atoms with Gasteiger partial charge in [-0.15, -0.1) is 0 Å². The van der Waals surface area contributed by atoms with Crippen LogP contribution in [-0.4, -0.2) is 24.1 Å². The minimum absolute atomic E-state index is 0.00964. The maximum absolute atomic E-state index is 13.0. The fourth-order valence-corrected chi connectivity index (χ4v) is 4.35. The Hall–Kier alpha value is -3.15. The van der Waals surface area contributed by atoms with Crippen molar-refractivity contribution in [2.45, 2.75) is 71.1 Å². The van der Waals surface area contributed by atoms with Crippen molar-refractivity contribution in [3.8, 4) is 0 Å². The van der Waals surface area contributed by atoms with E-state index in [0.29, 0.717) is 0 Å². The molecule has 1 aliphatic rings. The Morgan fingerprint density at radius 2 is 1.30 bits per heavy atom. The number of nitrogens with two attached hydrogens (primary N) is 2. The Bertz CT molecular complexity index is 1030. The van der Waals surface area contributed by atoms with Crippen LogP contribution >= 0.6 is 0 Å². The molecule has 6 nitrogen and oxygen atoms in total. The Labute approximate surface area is 195 Å². The summed E-state index contributed by atoms with van der Waals surface area (Å²) in [4.78, 5) is 38.6. The molecule has 0 aromatic heterocycles. The number of ether oxygens (including phenoxy) is 1. The summed E-state index contributed by atoms with van der Waals surface area (Å²) in [5.41, 5.74) is 12.9. The number of unbranched alkanes of at least 4 members (excludes halogenated alkanes) is 9. The first kappa shape index (κ1) is 24.5. The standard InChI is InChI=1S/C27H34N2O4/c1-2-3-4-5-6-7-8-9-10-13-16-33-27(32)20-17-21(28)22-23(24(20)29)26(31)19-15-12-11-14-18(19)25(22)30/h11-12,14-15,17H,2-10,13,16,28-29H2,1H3. The second-order valence-corrected chi connectivity index (χ2v) is 8.70. The molecule has 0 atom stereocenters. The molecule has 0 bridgehead atoms. The molecule has 0 saturated carbocycles. The van der Waals surface area contributed by atoms with E-state index in [1.165, 1.54) is 51.0 Å². The number of ketones is 2. The zero-order valence-electron chi connectivity index (χ0n) is 19.5. The van der Waals surface area contributed by atoms with Crippen LogP contribution in [0.25, 0.3) is 0 Å². The quantitative estimate of drug-likeness (QED) is 0.208. The van der Waals surface area contributed by atoms with Crippen molar-refractivity contribution in [1.82, 2.24) is 0 Å². The van der Waals surface area contributed by atoms with Crippen LogP contribution in [0.3, 0.4) is 0 Å². The van der Waals surface area contributed by atoms with Crippen LogP contribution < -0.4 is 11.5 Å². The van der Waals surface area contributed by atoms with E-state index in [2.05, 4.69) is 6.92 Å². The van der Waals surface area contributed by atoms with Crippen molar-refractivity contribution >= 4 is 28.9 Å². The minimum atomic E-state index is -0.628. The SMILES string of the molecule is CCCCCCCCCCCCOC(=O)c1cc(N)c2c(c1N)C(=O)c1ccccc1C2=O. The predicted molar refractivity (Wildman–Crippen MR) is 131 cm³/mol. The molecule has 0 unspecified atom stereocenters. The molecule has 3 rings (SSSR count). The first-order chi connectivity index (χ1) is 16.0. The van der Waals surface area contributed by atoms with Gasteiger partial charge in [0.1, 0.15) is 0 Å². The number of carbonyl (C=O) groups excluding carboxylic acids is 3. The molecule has 0 radical (unpaired) electrons. The molecule has 0 amide bonds. The molecule has 0 heterocycles. The largest absolute Gasteiger partial charge is 0.462 e. The third kappa shape index (κ3) is 5.62. The summed E-state index contributed by atoms with van der Waals surface area (Å²) in [5.74, 6) is -1.40. The van der Waals surface area contributed by atoms with E-state index in [-0.39, 0.29) is 51.6 Å². The zero-order chi connectivity index (χ0) is 23.8. The van der Waals surface area contributed by atoms with E-state index in [1.807, 2.05) is 0 Å². The summed E-state index contributed by atoms with van der Waals surface area (Å²) in [5, 5.41) is 0. The number of benzene rings is 2. The van der Waals surface area contributed by atoms with E-state index in [4.69, 9.17) is 16.2 Å². The number of rotatable bonds is 12. The Kier molecular flexibility index (Phi) is 8.64. The molecule has 33 heavy (non-hydrogen) atoms. The van der Waals surface area contributed by atoms with E-state index in [1.54, 1.807) is 24.3 Å². The van der Waals surface area contributed by atoms with Crippen molar-refractivity contribution in [3.63, 3.8) is 0 Å². The molecule has 1 aliphatic carbocycles. The van der Waals surface area contributed by atoms with Crippen LogP contribution in [0.1, 0.15) is 113 Å². The lowest BCUT2D eigenvalue weighted by Gasteiger charge is -2.22. The highest BCUT2D eigenvalue weighted by atomic mass is 16.5. The first-order valence-electron chi connectivity index (χ1n) is 12.0. The second kappa shape index (κ2) is 11.6. The molecule has 4 N–H and O–H groups in total. The maximum atomic E-state index is 13.0. The van der Waals surface area contributed by atoms with Crippen LogP contribution in [0.15, 0.2) is 30.3 Å². The molecule has 0 spiro atoms. The maximum Gasteiger partial charge on any atom is 0.340 e. The van der Waals surface area contributed by atoms with E-state index < -0.39 is 11.8 Å². The summed E-state index contributed by atoms with van der Waals surface area (Å²) < 4.78 is 5.39. The highest BCUT2D eigenvalue weighted by Gasteiger charge is 2.35. The molecule has 2 aromatic rings. The minimum Gasteiger partial charge on any atom is -0.462 e. The van der Waals surface area contributed by atoms with Crippen LogP contribution in [-0.2, 0) is 4.74 Å². The molecular formula is C27H34N2O4. The summed E-state index contributed by atoms with van der Waals surface area (Å²) in [6.07, 6.45) is 11.9. The van der Waals surface area contributed by atoms with Gasteiger partial charge < -0.3 is 16.2 Å². The van der Waals surface area contributed by atoms with Gasteiger partial charge in [-0.3, -0.25) is 9.59 Å². The predicted octanol–water partition coefficient (Wildman–Crippen LogP) is 5.70. The van der Waals surface area contributed by atoms with E-state index >= 15 is 0 Å². The van der Waals surface area contributed by atoms with Crippen molar-refractivity contribution < 1.29 is 19.1 Å². The highest BCUT2D eigenvalue weighted by molar-refractivity contribution is 6.32. The van der Waals surface area contributed by atoms with Gasteiger partial charge in [-0.05, 0) is 12.5 Å². The van der Waals surface area contributed by atoms with Crippen LogP contribution in [0.4, 0.5) is 11.4 Å². The van der Waals surface area contributed by atoms with Gasteiger partial charge in [0.05, 0.1) is 29.0 Å². The Balaban J connectivity index is 1.55. The van der Waals surface area contributed by atoms with Gasteiger partial charge in [-0.2, -0.15) is 0 Å². The zero-order valence-corrected chi connectivity index (χ0v) is 19.5. The highest BCUT2D eigenvalue weighted by Crippen LogP contribution is 2.36. The topological polar surface area (TPSA) is 112 Å². The van der Waals surface area contributed by atoms with Crippen LogP contribution in [0.5, 0.6) is 0 Å².